The van der Waals surface area contributed by atoms with Crippen LogP contribution in [0.2, 0.25) is 0 Å². The quantitative estimate of drug-likeness (QED) is 0.329. The Balaban J connectivity index is 1.64. The molecule has 3 aromatic carbocycles. The number of aromatic nitrogens is 1. The monoisotopic (exact) mass is 457 g/mol. The van der Waals surface area contributed by atoms with Crippen molar-refractivity contribution in [3.63, 3.8) is 0 Å². The van der Waals surface area contributed by atoms with E-state index in [0.29, 0.717) is 21.2 Å². The minimum Gasteiger partial charge on any atom is -0.478 e. The minimum atomic E-state index is -1.01. The van der Waals surface area contributed by atoms with Crippen molar-refractivity contribution in [3.05, 3.63) is 95.2 Å². The van der Waals surface area contributed by atoms with Gasteiger partial charge < -0.3 is 5.11 Å². The van der Waals surface area contributed by atoms with Crippen LogP contribution >= 0.6 is 24.0 Å². The number of thiazole rings is 1. The molecule has 8 heteroatoms. The van der Waals surface area contributed by atoms with E-state index in [1.54, 1.807) is 18.2 Å². The minimum absolute atomic E-state index is 0.170. The average molecular weight is 458 g/mol. The molecule has 6 nitrogen and oxygen atoms in total. The normalized spacial score (nSPS) is 14.9. The Labute approximate surface area is 192 Å². The molecule has 0 fully saturated rings. The lowest BCUT2D eigenvalue weighted by molar-refractivity contribution is -0.113. The number of aromatic carboxylic acids is 1. The second-order valence-corrected chi connectivity index (χ2v) is 8.51. The van der Waals surface area contributed by atoms with Gasteiger partial charge in [-0.25, -0.2) is 19.7 Å². The number of carboxylic acid groups (broad SMARTS) is 1. The topological polar surface area (TPSA) is 82.9 Å². The lowest BCUT2D eigenvalue weighted by Gasteiger charge is -2.14. The smallest absolute Gasteiger partial charge is 0.335 e. The Morgan fingerprint density at radius 2 is 1.78 bits per heavy atom. The van der Waals surface area contributed by atoms with Crippen LogP contribution in [-0.4, -0.2) is 27.8 Å². The molecule has 0 spiro atoms. The van der Waals surface area contributed by atoms with Gasteiger partial charge in [0.15, 0.2) is 5.13 Å². The number of thiol groups is 1. The number of anilines is 1. The second-order valence-electron chi connectivity index (χ2n) is 7.01. The first-order valence-corrected chi connectivity index (χ1v) is 10.9. The fraction of sp³-hybridized carbons (Fsp3) is 0. The van der Waals surface area contributed by atoms with Crippen LogP contribution in [0.25, 0.3) is 16.3 Å². The van der Waals surface area contributed by atoms with Crippen LogP contribution in [0.4, 0.5) is 5.13 Å². The standard InChI is InChI=1S/C24H15N3O3S2/c28-22-18(12-15-8-4-5-9-19(15)31)25-21(14-6-2-1-3-7-14)27(22)24-26-17-11-10-16(23(29)30)13-20(17)32-24/h1-13,31H,(H,29,30). The maximum absolute atomic E-state index is 13.4. The van der Waals surface area contributed by atoms with Crippen LogP contribution in [0.15, 0.2) is 88.4 Å². The number of hydrogen-bond donors (Lipinski definition) is 2. The molecule has 5 rings (SSSR count). The van der Waals surface area contributed by atoms with E-state index in [-0.39, 0.29) is 17.2 Å². The summed E-state index contributed by atoms with van der Waals surface area (Å²) in [6.07, 6.45) is 1.71. The van der Waals surface area contributed by atoms with Crippen LogP contribution < -0.4 is 4.90 Å². The van der Waals surface area contributed by atoms with E-state index in [0.717, 1.165) is 16.0 Å². The molecular weight excluding hydrogens is 442 g/mol. The van der Waals surface area contributed by atoms with Gasteiger partial charge in [-0.2, -0.15) is 0 Å². The summed E-state index contributed by atoms with van der Waals surface area (Å²) in [6.45, 7) is 0. The van der Waals surface area contributed by atoms with Gasteiger partial charge in [0, 0.05) is 10.5 Å². The van der Waals surface area contributed by atoms with E-state index in [2.05, 4.69) is 22.6 Å². The highest BCUT2D eigenvalue weighted by Crippen LogP contribution is 2.35. The molecule has 4 aromatic rings. The van der Waals surface area contributed by atoms with Crippen molar-refractivity contribution in [2.45, 2.75) is 4.90 Å². The highest BCUT2D eigenvalue weighted by atomic mass is 32.1. The summed E-state index contributed by atoms with van der Waals surface area (Å²) in [5.74, 6) is -0.852. The molecule has 1 aliphatic heterocycles. The number of rotatable bonds is 4. The predicted molar refractivity (Wildman–Crippen MR) is 129 cm³/mol. The summed E-state index contributed by atoms with van der Waals surface area (Å²) in [7, 11) is 0. The summed E-state index contributed by atoms with van der Waals surface area (Å²) in [6, 6.07) is 21.6. The molecule has 1 aromatic heterocycles. The average Bonchev–Trinajstić information content (AvgIpc) is 3.36. The van der Waals surface area contributed by atoms with Gasteiger partial charge in [0.25, 0.3) is 5.91 Å². The zero-order valence-corrected chi connectivity index (χ0v) is 18.2. The van der Waals surface area contributed by atoms with Crippen LogP contribution in [0.1, 0.15) is 21.5 Å². The number of aliphatic imine (C=N–C) groups is 1. The summed E-state index contributed by atoms with van der Waals surface area (Å²) < 4.78 is 0.679. The van der Waals surface area contributed by atoms with Crippen LogP contribution in [0, 0.1) is 0 Å². The van der Waals surface area contributed by atoms with E-state index in [1.807, 2.05) is 54.6 Å². The Kier molecular flexibility index (Phi) is 5.08. The molecular formula is C24H15N3O3S2. The zero-order valence-electron chi connectivity index (χ0n) is 16.5. The van der Waals surface area contributed by atoms with Gasteiger partial charge in [0.1, 0.15) is 11.5 Å². The van der Waals surface area contributed by atoms with E-state index in [4.69, 9.17) is 0 Å². The molecule has 0 saturated carbocycles. The Morgan fingerprint density at radius 1 is 1.03 bits per heavy atom. The third kappa shape index (κ3) is 3.59. The van der Waals surface area contributed by atoms with E-state index >= 15 is 0 Å². The number of carbonyl (C=O) groups is 2. The number of carboxylic acids is 1. The maximum Gasteiger partial charge on any atom is 0.335 e. The fourth-order valence-corrected chi connectivity index (χ4v) is 4.60. The third-order valence-corrected chi connectivity index (χ3v) is 6.35. The first kappa shape index (κ1) is 20.2. The summed E-state index contributed by atoms with van der Waals surface area (Å²) in [5.41, 5.74) is 2.62. The van der Waals surface area contributed by atoms with Crippen molar-refractivity contribution in [2.75, 3.05) is 4.90 Å². The van der Waals surface area contributed by atoms with Gasteiger partial charge >= 0.3 is 5.97 Å². The number of hydrogen-bond acceptors (Lipinski definition) is 6. The van der Waals surface area contributed by atoms with E-state index in [1.165, 1.54) is 22.3 Å². The largest absolute Gasteiger partial charge is 0.478 e. The van der Waals surface area contributed by atoms with Crippen molar-refractivity contribution in [2.24, 2.45) is 4.99 Å². The molecule has 1 N–H and O–H groups in total. The number of carbonyl (C=O) groups excluding carboxylic acids is 1. The summed E-state index contributed by atoms with van der Waals surface area (Å²) in [4.78, 5) is 36.2. The summed E-state index contributed by atoms with van der Waals surface area (Å²) >= 11 is 5.72. The van der Waals surface area contributed by atoms with Gasteiger partial charge in [-0.05, 0) is 35.9 Å². The Bertz CT molecular complexity index is 1440. The first-order chi connectivity index (χ1) is 15.5. The Morgan fingerprint density at radius 3 is 2.53 bits per heavy atom. The van der Waals surface area contributed by atoms with Gasteiger partial charge in [-0.3, -0.25) is 4.79 Å². The number of nitrogens with zero attached hydrogens (tertiary/aromatic N) is 3. The number of amides is 1. The molecule has 2 heterocycles. The van der Waals surface area contributed by atoms with Crippen molar-refractivity contribution in [1.29, 1.82) is 0 Å². The lowest BCUT2D eigenvalue weighted by atomic mass is 10.2. The molecule has 1 aliphatic rings. The van der Waals surface area contributed by atoms with Crippen molar-refractivity contribution in [3.8, 4) is 0 Å². The number of benzene rings is 3. The van der Waals surface area contributed by atoms with E-state index in [9.17, 15) is 14.7 Å². The lowest BCUT2D eigenvalue weighted by Crippen LogP contribution is -2.32. The number of fused-ring (bicyclic) bond motifs is 1. The maximum atomic E-state index is 13.4. The van der Waals surface area contributed by atoms with Crippen molar-refractivity contribution >= 4 is 63.1 Å². The molecule has 32 heavy (non-hydrogen) atoms. The predicted octanol–water partition coefficient (Wildman–Crippen LogP) is 5.12. The Hall–Kier alpha value is -3.75. The highest BCUT2D eigenvalue weighted by Gasteiger charge is 2.34. The zero-order chi connectivity index (χ0) is 22.2. The molecule has 0 saturated heterocycles. The van der Waals surface area contributed by atoms with Gasteiger partial charge in [0.05, 0.1) is 15.8 Å². The molecule has 0 radical (unpaired) electrons. The molecule has 0 atom stereocenters. The molecule has 0 unspecified atom stereocenters. The summed E-state index contributed by atoms with van der Waals surface area (Å²) in [5, 5.41) is 9.71. The van der Waals surface area contributed by atoms with Crippen LogP contribution in [0.3, 0.4) is 0 Å². The van der Waals surface area contributed by atoms with Crippen LogP contribution in [-0.2, 0) is 4.79 Å². The van der Waals surface area contributed by atoms with Crippen molar-refractivity contribution < 1.29 is 14.7 Å². The van der Waals surface area contributed by atoms with Gasteiger partial charge in [-0.15, -0.1) is 12.6 Å². The molecule has 156 valence electrons. The second kappa shape index (κ2) is 8.07. The van der Waals surface area contributed by atoms with Crippen molar-refractivity contribution in [1.82, 2.24) is 4.98 Å². The van der Waals surface area contributed by atoms with Gasteiger partial charge in [0.2, 0.25) is 0 Å². The number of amidine groups is 1. The molecule has 0 aliphatic carbocycles. The highest BCUT2D eigenvalue weighted by molar-refractivity contribution is 7.80. The first-order valence-electron chi connectivity index (χ1n) is 9.63. The third-order valence-electron chi connectivity index (χ3n) is 4.94. The fourth-order valence-electron chi connectivity index (χ4n) is 3.37. The molecule has 0 bridgehead atoms. The van der Waals surface area contributed by atoms with E-state index < -0.39 is 5.97 Å². The van der Waals surface area contributed by atoms with Crippen LogP contribution in [0.5, 0.6) is 0 Å². The molecule has 1 amide bonds. The van der Waals surface area contributed by atoms with Gasteiger partial charge in [-0.1, -0.05) is 59.9 Å². The SMILES string of the molecule is O=C(O)c1ccc2nc(N3C(=O)C(=Cc4ccccc4S)N=C3c3ccccc3)sc2c1.